The van der Waals surface area contributed by atoms with Crippen molar-refractivity contribution in [3.8, 4) is 22.6 Å². The Hall–Kier alpha value is -3.40. The molecule has 0 unspecified atom stereocenters. The Kier molecular flexibility index (Phi) is 3.04. The highest BCUT2D eigenvalue weighted by molar-refractivity contribution is 6.09. The number of carbonyl (C=O) groups is 1. The number of para-hydroxylation sites is 2. The summed E-state index contributed by atoms with van der Waals surface area (Å²) in [5.74, 6) is 1.42. The number of pyridine rings is 1. The van der Waals surface area contributed by atoms with Crippen molar-refractivity contribution >= 4 is 33.4 Å². The van der Waals surface area contributed by atoms with Crippen molar-refractivity contribution in [3.05, 3.63) is 60.7 Å². The largest absolute Gasteiger partial charge is 0.453 e. The lowest BCUT2D eigenvalue weighted by Crippen LogP contribution is -2.30. The first-order chi connectivity index (χ1) is 12.6. The highest BCUT2D eigenvalue weighted by atomic mass is 16.5. The predicted molar refractivity (Wildman–Crippen MR) is 102 cm³/mol. The monoisotopic (exact) mass is 341 g/mol. The van der Waals surface area contributed by atoms with Crippen molar-refractivity contribution in [3.63, 3.8) is 0 Å². The molecule has 4 nitrogen and oxygen atoms in total. The second kappa shape index (κ2) is 5.30. The van der Waals surface area contributed by atoms with Gasteiger partial charge in [-0.05, 0) is 12.1 Å². The number of ether oxygens (including phenoxy) is 1. The summed E-state index contributed by atoms with van der Waals surface area (Å²) in [6.07, 6.45) is 0. The summed E-state index contributed by atoms with van der Waals surface area (Å²) in [6, 6.07) is 20.4. The minimum atomic E-state index is -0.115. The van der Waals surface area contributed by atoms with E-state index in [9.17, 15) is 4.79 Å². The van der Waals surface area contributed by atoms with E-state index < -0.39 is 0 Å². The first-order valence-corrected chi connectivity index (χ1v) is 8.57. The summed E-state index contributed by atoms with van der Waals surface area (Å²) < 4.78 is 8.62. The molecule has 0 atom stereocenters. The molecule has 0 bridgehead atoms. The highest BCUT2D eigenvalue weighted by Gasteiger charge is 2.28. The summed E-state index contributed by atoms with van der Waals surface area (Å²) >= 11 is 0. The van der Waals surface area contributed by atoms with Crippen molar-refractivity contribution in [2.24, 2.45) is 7.05 Å². The van der Waals surface area contributed by atoms with Gasteiger partial charge in [-0.15, -0.1) is 0 Å². The molecule has 1 aliphatic rings. The maximum Gasteiger partial charge on any atom is 0.221 e. The summed E-state index contributed by atoms with van der Waals surface area (Å²) in [7, 11) is 2.08. The first-order valence-electron chi connectivity index (χ1n) is 8.57. The number of fused-ring (bicyclic) bond motifs is 4. The molecule has 2 heterocycles. The van der Waals surface area contributed by atoms with Gasteiger partial charge < -0.3 is 10.1 Å². The van der Waals surface area contributed by atoms with Gasteiger partial charge in [-0.1, -0.05) is 36.4 Å². The molecule has 0 radical (unpaired) electrons. The van der Waals surface area contributed by atoms with E-state index in [-0.39, 0.29) is 5.91 Å². The maximum absolute atomic E-state index is 11.6. The van der Waals surface area contributed by atoms with Gasteiger partial charge in [0.15, 0.2) is 11.5 Å². The van der Waals surface area contributed by atoms with Crippen LogP contribution in [0.2, 0.25) is 0 Å². The van der Waals surface area contributed by atoms with Crippen LogP contribution in [0.15, 0.2) is 60.7 Å². The molecule has 1 aliphatic heterocycles. The Labute approximate surface area is 150 Å². The van der Waals surface area contributed by atoms with E-state index in [1.54, 1.807) is 0 Å². The fraction of sp³-hybridized carbons (Fsp3) is 0.0909. The van der Waals surface area contributed by atoms with Crippen molar-refractivity contribution in [2.45, 2.75) is 6.92 Å². The molecule has 0 saturated carbocycles. The molecule has 1 amide bonds. The second-order valence-electron chi connectivity index (χ2n) is 6.57. The first kappa shape index (κ1) is 14.9. The van der Waals surface area contributed by atoms with Crippen LogP contribution in [-0.4, -0.2) is 5.91 Å². The van der Waals surface area contributed by atoms with Gasteiger partial charge >= 0.3 is 0 Å². The lowest BCUT2D eigenvalue weighted by Gasteiger charge is -2.23. The fourth-order valence-corrected chi connectivity index (χ4v) is 3.86. The summed E-state index contributed by atoms with van der Waals surface area (Å²) in [5, 5.41) is 5.04. The van der Waals surface area contributed by atoms with Gasteiger partial charge in [0.2, 0.25) is 16.9 Å². The minimum Gasteiger partial charge on any atom is -0.453 e. The number of hydrogen-bond donors (Lipinski definition) is 1. The SMILES string of the molecule is CC(=O)Nc1cccc2c1Oc1c3ccccc3[n+](C)c3cccc-2c13. The number of hydrogen-bond acceptors (Lipinski definition) is 2. The van der Waals surface area contributed by atoms with Gasteiger partial charge in [0.05, 0.1) is 16.5 Å². The molecule has 0 spiro atoms. The van der Waals surface area contributed by atoms with E-state index in [1.165, 1.54) is 6.92 Å². The zero-order valence-corrected chi connectivity index (χ0v) is 14.5. The molecule has 1 aromatic heterocycles. The van der Waals surface area contributed by atoms with Gasteiger partial charge in [0.25, 0.3) is 0 Å². The van der Waals surface area contributed by atoms with Gasteiger partial charge in [0, 0.05) is 30.2 Å². The van der Waals surface area contributed by atoms with E-state index in [4.69, 9.17) is 4.74 Å². The third-order valence-corrected chi connectivity index (χ3v) is 4.96. The molecule has 4 aromatic rings. The molecule has 0 aliphatic carbocycles. The standard InChI is InChI=1S/C22H16N2O2/c1-13(25)23-17-10-5-9-15-14-8-6-12-19-20(14)22(26-21(15)17)16-7-3-4-11-18(16)24(19)2/h3-12H,1-2H3/p+1. The molecule has 126 valence electrons. The van der Waals surface area contributed by atoms with E-state index in [2.05, 4.69) is 47.3 Å². The van der Waals surface area contributed by atoms with E-state index in [1.807, 2.05) is 30.3 Å². The van der Waals surface area contributed by atoms with Gasteiger partial charge in [-0.2, -0.15) is 4.57 Å². The van der Waals surface area contributed by atoms with Crippen LogP contribution < -0.4 is 14.6 Å². The predicted octanol–water partition coefficient (Wildman–Crippen LogP) is 4.55. The van der Waals surface area contributed by atoms with Crippen LogP contribution in [-0.2, 0) is 11.8 Å². The fourth-order valence-electron chi connectivity index (χ4n) is 3.86. The average Bonchev–Trinajstić information content (AvgIpc) is 2.65. The smallest absolute Gasteiger partial charge is 0.221 e. The topological polar surface area (TPSA) is 42.2 Å². The Morgan fingerprint density at radius 2 is 1.62 bits per heavy atom. The van der Waals surface area contributed by atoms with Gasteiger partial charge in [0.1, 0.15) is 7.05 Å². The number of carbonyl (C=O) groups excluding carboxylic acids is 1. The Bertz CT molecular complexity index is 1230. The zero-order valence-electron chi connectivity index (χ0n) is 14.5. The number of nitrogens with one attached hydrogen (secondary N) is 1. The quantitative estimate of drug-likeness (QED) is 0.359. The van der Waals surface area contributed by atoms with Crippen molar-refractivity contribution < 1.29 is 14.1 Å². The molecule has 1 N–H and O–H groups in total. The molecule has 0 fully saturated rings. The normalized spacial score (nSPS) is 11.9. The molecular formula is C22H17N2O2+. The lowest BCUT2D eigenvalue weighted by atomic mass is 9.94. The van der Waals surface area contributed by atoms with E-state index in [0.29, 0.717) is 11.4 Å². The number of nitrogens with zero attached hydrogens (tertiary/aromatic N) is 1. The molecule has 5 rings (SSSR count). The summed E-state index contributed by atoms with van der Waals surface area (Å²) in [4.78, 5) is 11.6. The Balaban J connectivity index is 1.94. The van der Waals surface area contributed by atoms with Crippen LogP contribution in [0.4, 0.5) is 5.69 Å². The van der Waals surface area contributed by atoms with Gasteiger partial charge in [-0.25, -0.2) is 0 Å². The van der Waals surface area contributed by atoms with Crippen molar-refractivity contribution in [1.82, 2.24) is 0 Å². The Morgan fingerprint density at radius 3 is 2.46 bits per heavy atom. The number of aryl methyl sites for hydroxylation is 1. The zero-order chi connectivity index (χ0) is 17.8. The molecule has 3 aromatic carbocycles. The number of rotatable bonds is 1. The molecule has 0 saturated heterocycles. The number of amides is 1. The van der Waals surface area contributed by atoms with Crippen LogP contribution in [0, 0.1) is 0 Å². The minimum absolute atomic E-state index is 0.115. The number of aromatic nitrogens is 1. The van der Waals surface area contributed by atoms with E-state index in [0.717, 1.165) is 38.7 Å². The molecule has 4 heteroatoms. The average molecular weight is 341 g/mol. The maximum atomic E-state index is 11.6. The summed E-state index contributed by atoms with van der Waals surface area (Å²) in [6.45, 7) is 1.51. The number of benzene rings is 3. The van der Waals surface area contributed by atoms with Crippen molar-refractivity contribution in [1.29, 1.82) is 0 Å². The summed E-state index contributed by atoms with van der Waals surface area (Å²) in [5.41, 5.74) is 5.02. The molecular weight excluding hydrogens is 324 g/mol. The lowest BCUT2D eigenvalue weighted by molar-refractivity contribution is -0.617. The Morgan fingerprint density at radius 1 is 0.885 bits per heavy atom. The van der Waals surface area contributed by atoms with Crippen molar-refractivity contribution in [2.75, 3.05) is 5.32 Å². The second-order valence-corrected chi connectivity index (χ2v) is 6.57. The third-order valence-electron chi connectivity index (χ3n) is 4.96. The third kappa shape index (κ3) is 1.96. The van der Waals surface area contributed by atoms with Gasteiger partial charge in [-0.3, -0.25) is 4.79 Å². The van der Waals surface area contributed by atoms with Crippen LogP contribution in [0.25, 0.3) is 32.9 Å². The van der Waals surface area contributed by atoms with Crippen LogP contribution >= 0.6 is 0 Å². The highest BCUT2D eigenvalue weighted by Crippen LogP contribution is 2.50. The molecule has 26 heavy (non-hydrogen) atoms. The van der Waals surface area contributed by atoms with E-state index >= 15 is 0 Å². The van der Waals surface area contributed by atoms with Crippen LogP contribution in [0.3, 0.4) is 0 Å². The van der Waals surface area contributed by atoms with Crippen LogP contribution in [0.5, 0.6) is 11.5 Å². The number of anilines is 1. The van der Waals surface area contributed by atoms with Crippen LogP contribution in [0.1, 0.15) is 6.92 Å².